The average Bonchev–Trinajstić information content (AvgIpc) is 2.25. The molecule has 0 aliphatic heterocycles. The molecule has 0 amide bonds. The molecule has 0 atom stereocenters. The van der Waals surface area contributed by atoms with Crippen LogP contribution >= 0.6 is 0 Å². The molecular weight excluding hydrogens is 294 g/mol. The van der Waals surface area contributed by atoms with Crippen molar-refractivity contribution in [1.82, 2.24) is 0 Å². The van der Waals surface area contributed by atoms with Crippen molar-refractivity contribution in [3.05, 3.63) is 23.8 Å². The molecule has 1 aromatic carbocycles. The highest BCUT2D eigenvalue weighted by atomic mass is 32.2. The Hall–Kier alpha value is -1.76. The van der Waals surface area contributed by atoms with E-state index in [1.165, 1.54) is 6.07 Å². The SMILES string of the molecule is CC(C)CC(C)(C)S(=O)(=O)Nc1ccc(C(=O)O)c(O)c1. The predicted molar refractivity (Wildman–Crippen MR) is 81.1 cm³/mol. The van der Waals surface area contributed by atoms with Gasteiger partial charge in [-0.15, -0.1) is 0 Å². The third-order valence-corrected chi connectivity index (χ3v) is 5.23. The summed E-state index contributed by atoms with van der Waals surface area (Å²) < 4.78 is 26.2. The summed E-state index contributed by atoms with van der Waals surface area (Å²) in [4.78, 5) is 10.8. The van der Waals surface area contributed by atoms with Crippen LogP contribution in [0.2, 0.25) is 0 Å². The van der Waals surface area contributed by atoms with Gasteiger partial charge in [-0.2, -0.15) is 0 Å². The number of phenols is 1. The summed E-state index contributed by atoms with van der Waals surface area (Å²) >= 11 is 0. The Labute approximate surface area is 124 Å². The largest absolute Gasteiger partial charge is 0.507 e. The van der Waals surface area contributed by atoms with Crippen molar-refractivity contribution in [3.8, 4) is 5.75 Å². The summed E-state index contributed by atoms with van der Waals surface area (Å²) in [6.07, 6.45) is 0.474. The lowest BCUT2D eigenvalue weighted by Crippen LogP contribution is -2.38. The van der Waals surface area contributed by atoms with E-state index < -0.39 is 26.5 Å². The summed E-state index contributed by atoms with van der Waals surface area (Å²) in [5.74, 6) is -1.55. The van der Waals surface area contributed by atoms with Gasteiger partial charge >= 0.3 is 5.97 Å². The molecule has 0 aliphatic rings. The molecule has 0 saturated carbocycles. The van der Waals surface area contributed by atoms with E-state index in [4.69, 9.17) is 5.11 Å². The molecule has 0 fully saturated rings. The van der Waals surface area contributed by atoms with E-state index in [1.807, 2.05) is 13.8 Å². The monoisotopic (exact) mass is 315 g/mol. The first-order valence-electron chi connectivity index (χ1n) is 6.55. The molecule has 3 N–H and O–H groups in total. The number of anilines is 1. The van der Waals surface area contributed by atoms with E-state index in [9.17, 15) is 18.3 Å². The second-order valence-electron chi connectivity index (χ2n) is 6.00. The first-order valence-corrected chi connectivity index (χ1v) is 8.03. The number of aromatic carboxylic acids is 1. The number of aromatic hydroxyl groups is 1. The Morgan fingerprint density at radius 3 is 2.33 bits per heavy atom. The molecule has 6 nitrogen and oxygen atoms in total. The first-order chi connectivity index (χ1) is 9.46. The molecule has 0 unspecified atom stereocenters. The fourth-order valence-electron chi connectivity index (χ4n) is 2.16. The Morgan fingerprint density at radius 2 is 1.90 bits per heavy atom. The zero-order chi connectivity index (χ0) is 16.4. The maximum Gasteiger partial charge on any atom is 0.339 e. The molecule has 1 rings (SSSR count). The molecule has 0 radical (unpaired) electrons. The van der Waals surface area contributed by atoms with Gasteiger partial charge in [0.05, 0.1) is 10.4 Å². The lowest BCUT2D eigenvalue weighted by atomic mass is 10.0. The van der Waals surface area contributed by atoms with Crippen molar-refractivity contribution < 1.29 is 23.4 Å². The second kappa shape index (κ2) is 5.93. The zero-order valence-corrected chi connectivity index (χ0v) is 13.4. The topological polar surface area (TPSA) is 104 Å². The van der Waals surface area contributed by atoms with Gasteiger partial charge in [0.1, 0.15) is 11.3 Å². The van der Waals surface area contributed by atoms with E-state index in [-0.39, 0.29) is 17.2 Å². The number of hydrogen-bond acceptors (Lipinski definition) is 4. The van der Waals surface area contributed by atoms with Crippen LogP contribution in [0.3, 0.4) is 0 Å². The van der Waals surface area contributed by atoms with Crippen molar-refractivity contribution in [3.63, 3.8) is 0 Å². The van der Waals surface area contributed by atoms with Gasteiger partial charge in [0, 0.05) is 6.07 Å². The zero-order valence-electron chi connectivity index (χ0n) is 12.5. The van der Waals surface area contributed by atoms with Gasteiger partial charge in [0.25, 0.3) is 0 Å². The normalized spacial score (nSPS) is 12.4. The van der Waals surface area contributed by atoms with Crippen LogP contribution in [0.15, 0.2) is 18.2 Å². The third-order valence-electron chi connectivity index (χ3n) is 3.11. The van der Waals surface area contributed by atoms with E-state index in [0.29, 0.717) is 6.42 Å². The highest BCUT2D eigenvalue weighted by Gasteiger charge is 2.35. The summed E-state index contributed by atoms with van der Waals surface area (Å²) in [6, 6.07) is 3.56. The van der Waals surface area contributed by atoms with Gasteiger partial charge in [-0.05, 0) is 38.3 Å². The molecule has 0 saturated heterocycles. The standard InChI is InChI=1S/C14H21NO5S/c1-9(2)8-14(3,4)21(19,20)15-10-5-6-11(13(17)18)12(16)7-10/h5-7,9,15-16H,8H2,1-4H3,(H,17,18). The van der Waals surface area contributed by atoms with Gasteiger partial charge in [0.15, 0.2) is 0 Å². The molecule has 1 aromatic rings. The Kier molecular flexibility index (Phi) is 4.88. The Bertz CT molecular complexity index is 635. The van der Waals surface area contributed by atoms with Crippen LogP contribution in [-0.4, -0.2) is 29.3 Å². The van der Waals surface area contributed by atoms with Crippen LogP contribution in [0, 0.1) is 5.92 Å². The van der Waals surface area contributed by atoms with Crippen LogP contribution in [0.4, 0.5) is 5.69 Å². The number of sulfonamides is 1. The fourth-order valence-corrected chi connectivity index (χ4v) is 3.43. The maximum atomic E-state index is 12.4. The molecule has 0 aromatic heterocycles. The lowest BCUT2D eigenvalue weighted by Gasteiger charge is -2.27. The number of carboxylic acids is 1. The molecule has 0 bridgehead atoms. The minimum Gasteiger partial charge on any atom is -0.507 e. The number of benzene rings is 1. The maximum absolute atomic E-state index is 12.4. The average molecular weight is 315 g/mol. The molecule has 7 heteroatoms. The quantitative estimate of drug-likeness (QED) is 0.748. The lowest BCUT2D eigenvalue weighted by molar-refractivity contribution is 0.0694. The molecule has 0 spiro atoms. The van der Waals surface area contributed by atoms with Crippen molar-refractivity contribution in [2.75, 3.05) is 4.72 Å². The fraction of sp³-hybridized carbons (Fsp3) is 0.500. The van der Waals surface area contributed by atoms with Crippen LogP contribution in [-0.2, 0) is 10.0 Å². The van der Waals surface area contributed by atoms with Gasteiger partial charge in [0.2, 0.25) is 10.0 Å². The Morgan fingerprint density at radius 1 is 1.33 bits per heavy atom. The second-order valence-corrected chi connectivity index (χ2v) is 8.32. The van der Waals surface area contributed by atoms with Crippen LogP contribution in [0.25, 0.3) is 0 Å². The van der Waals surface area contributed by atoms with E-state index in [1.54, 1.807) is 13.8 Å². The Balaban J connectivity index is 3.05. The van der Waals surface area contributed by atoms with E-state index in [2.05, 4.69) is 4.72 Å². The first kappa shape index (κ1) is 17.3. The third kappa shape index (κ3) is 4.10. The summed E-state index contributed by atoms with van der Waals surface area (Å²) in [7, 11) is -3.67. The number of nitrogens with one attached hydrogen (secondary N) is 1. The number of carbonyl (C=O) groups is 1. The van der Waals surface area contributed by atoms with Crippen LogP contribution in [0.1, 0.15) is 44.5 Å². The van der Waals surface area contributed by atoms with Crippen molar-refractivity contribution in [2.45, 2.75) is 38.9 Å². The molecule has 118 valence electrons. The minimum atomic E-state index is -3.67. The van der Waals surface area contributed by atoms with Gasteiger partial charge < -0.3 is 10.2 Å². The summed E-state index contributed by atoms with van der Waals surface area (Å²) in [6.45, 7) is 7.12. The molecule has 21 heavy (non-hydrogen) atoms. The molecule has 0 aliphatic carbocycles. The molecule has 0 heterocycles. The summed E-state index contributed by atoms with van der Waals surface area (Å²) in [5, 5.41) is 18.4. The summed E-state index contributed by atoms with van der Waals surface area (Å²) in [5.41, 5.74) is -0.145. The van der Waals surface area contributed by atoms with E-state index in [0.717, 1.165) is 12.1 Å². The highest BCUT2D eigenvalue weighted by molar-refractivity contribution is 7.94. The van der Waals surface area contributed by atoms with Gasteiger partial charge in [-0.3, -0.25) is 4.72 Å². The van der Waals surface area contributed by atoms with Gasteiger partial charge in [-0.25, -0.2) is 13.2 Å². The molecular formula is C14H21NO5S. The number of carboxylic acid groups (broad SMARTS) is 1. The van der Waals surface area contributed by atoms with Crippen molar-refractivity contribution in [1.29, 1.82) is 0 Å². The van der Waals surface area contributed by atoms with Gasteiger partial charge in [-0.1, -0.05) is 13.8 Å². The van der Waals surface area contributed by atoms with Crippen molar-refractivity contribution in [2.24, 2.45) is 5.92 Å². The minimum absolute atomic E-state index is 0.134. The van der Waals surface area contributed by atoms with Crippen LogP contribution < -0.4 is 4.72 Å². The van der Waals surface area contributed by atoms with E-state index >= 15 is 0 Å². The number of rotatable bonds is 6. The predicted octanol–water partition coefficient (Wildman–Crippen LogP) is 2.66. The number of hydrogen-bond donors (Lipinski definition) is 3. The van der Waals surface area contributed by atoms with Crippen molar-refractivity contribution >= 4 is 21.7 Å². The van der Waals surface area contributed by atoms with Crippen LogP contribution in [0.5, 0.6) is 5.75 Å². The highest BCUT2D eigenvalue weighted by Crippen LogP contribution is 2.29. The smallest absolute Gasteiger partial charge is 0.339 e.